The molecule has 0 saturated carbocycles. The van der Waals surface area contributed by atoms with E-state index in [1.54, 1.807) is 0 Å². The minimum Gasteiger partial charge on any atom is -0.179 e. The molecule has 0 atom stereocenters. The van der Waals surface area contributed by atoms with Gasteiger partial charge in [-0.25, -0.2) is 0 Å². The zero-order chi connectivity index (χ0) is 27.1. The van der Waals surface area contributed by atoms with Gasteiger partial charge in [0, 0.05) is 0 Å². The van der Waals surface area contributed by atoms with Gasteiger partial charge in [-0.05, 0) is 12.8 Å². The van der Waals surface area contributed by atoms with Crippen molar-refractivity contribution in [3.05, 3.63) is 180 Å². The molecule has 0 fully saturated rings. The van der Waals surface area contributed by atoms with Gasteiger partial charge in [0.15, 0.2) is 0 Å². The zero-order valence-corrected chi connectivity index (χ0v) is 27.1. The van der Waals surface area contributed by atoms with Gasteiger partial charge in [-0.1, -0.05) is 70.8 Å². The summed E-state index contributed by atoms with van der Waals surface area (Å²) in [5.41, 5.74) is 11.0. The third kappa shape index (κ3) is 7.24. The fourth-order valence-electron chi connectivity index (χ4n) is 5.37. The summed E-state index contributed by atoms with van der Waals surface area (Å²) < 4.78 is 0. The van der Waals surface area contributed by atoms with Crippen LogP contribution in [0.15, 0.2) is 146 Å². The summed E-state index contributed by atoms with van der Waals surface area (Å²) in [6, 6.07) is 57.7. The van der Waals surface area contributed by atoms with E-state index < -0.39 is 6.19 Å². The number of rotatable bonds is 2. The number of hydrogen-bond donors (Lipinski definition) is 0. The molecule has 2 aliphatic carbocycles. The molecular formula is C38H28Cl2SiTi-2. The number of hydrogen-bond acceptors (Lipinski definition) is 0. The van der Waals surface area contributed by atoms with Crippen molar-refractivity contribution >= 4 is 16.6 Å². The normalized spacial score (nSPS) is 10.9. The minimum atomic E-state index is -0.545. The molecular weight excluding hydrogens is 603 g/mol. The standard InChI is InChI=1S/2C13H9.C12H10Si.2ClH.Ti/c2*1-3-7-12-10(5-1)9-11-6-2-4-8-13(11)12;1-3-7-11(8-4-1)13-12-9-5-2-6-10-12;;;/h2*1-5,7-8H,9H2;1-10H;2*1H;/q2*-1;;;;+2/p-2. The van der Waals surface area contributed by atoms with Crippen LogP contribution in [0.5, 0.6) is 0 Å². The quantitative estimate of drug-likeness (QED) is 0.201. The van der Waals surface area contributed by atoms with Gasteiger partial charge in [0.1, 0.15) is 0 Å². The monoisotopic (exact) mass is 630 g/mol. The van der Waals surface area contributed by atoms with Crippen molar-refractivity contribution < 1.29 is 44.0 Å². The van der Waals surface area contributed by atoms with Gasteiger partial charge in [0.2, 0.25) is 0 Å². The summed E-state index contributed by atoms with van der Waals surface area (Å²) in [7, 11) is 0. The third-order valence-corrected chi connectivity index (χ3v) is 11.9. The van der Waals surface area contributed by atoms with E-state index in [-0.39, 0.29) is 24.8 Å². The Morgan fingerprint density at radius 3 is 1.21 bits per heavy atom. The summed E-state index contributed by atoms with van der Waals surface area (Å²) in [6.45, 7) is 0. The maximum Gasteiger partial charge on any atom is -0.0253 e. The van der Waals surface area contributed by atoms with Crippen LogP contribution < -0.4 is 35.2 Å². The molecule has 0 radical (unpaired) electrons. The number of benzene rings is 6. The topological polar surface area (TPSA) is 0 Å². The maximum atomic E-state index is 3.30. The fourth-order valence-corrected chi connectivity index (χ4v) is 8.32. The van der Waals surface area contributed by atoms with Crippen LogP contribution in [-0.4, -0.2) is 6.19 Å². The van der Waals surface area contributed by atoms with Crippen LogP contribution in [0.2, 0.25) is 0 Å². The zero-order valence-electron chi connectivity index (χ0n) is 23.0. The van der Waals surface area contributed by atoms with Crippen LogP contribution in [0.4, 0.5) is 0 Å². The molecule has 4 heteroatoms. The Morgan fingerprint density at radius 1 is 0.429 bits per heavy atom. The average molecular weight is 632 g/mol. The smallest absolute Gasteiger partial charge is 0.0253 e. The summed E-state index contributed by atoms with van der Waals surface area (Å²) in [5, 5.41) is 2.95. The first kappa shape index (κ1) is 31.8. The van der Waals surface area contributed by atoms with E-state index >= 15 is 0 Å². The minimum absolute atomic E-state index is 0. The third-order valence-electron chi connectivity index (χ3n) is 7.36. The molecule has 204 valence electrons. The first-order chi connectivity index (χ1) is 19.8. The van der Waals surface area contributed by atoms with Crippen molar-refractivity contribution in [2.24, 2.45) is 0 Å². The van der Waals surface area contributed by atoms with Crippen LogP contribution in [0.1, 0.15) is 22.3 Å². The van der Waals surface area contributed by atoms with E-state index in [4.69, 9.17) is 0 Å². The molecule has 0 unspecified atom stereocenters. The molecule has 6 aromatic carbocycles. The van der Waals surface area contributed by atoms with E-state index in [1.165, 1.54) is 54.9 Å². The molecule has 0 saturated heterocycles. The largest absolute Gasteiger partial charge is 0.179 e. The van der Waals surface area contributed by atoms with E-state index in [1.807, 2.05) is 12.1 Å². The van der Waals surface area contributed by atoms with Gasteiger partial charge in [0.25, 0.3) is 0 Å². The average Bonchev–Trinajstić information content (AvgIpc) is 3.61. The Hall–Kier alpha value is -3.17. The molecule has 0 amide bonds. The Kier molecular flexibility index (Phi) is 11.6. The molecule has 0 bridgehead atoms. The first-order valence-electron chi connectivity index (χ1n) is 13.6. The van der Waals surface area contributed by atoms with Gasteiger partial charge in [-0.3, -0.25) is 0 Å². The molecule has 6 aromatic rings. The van der Waals surface area contributed by atoms with Crippen LogP contribution >= 0.6 is 0 Å². The Balaban J connectivity index is 0.000000141. The van der Waals surface area contributed by atoms with Crippen LogP contribution in [0.25, 0.3) is 22.3 Å². The van der Waals surface area contributed by atoms with E-state index in [0.29, 0.717) is 0 Å². The SMILES string of the molecule is [Cl-].[Cl-].[Ti+2]=[Si](c1ccccc1)c1ccccc1.[c-]1cccc2c1Cc1ccccc1-2.[c-]1cccc2c1Cc1ccccc1-2. The second-order valence-electron chi connectivity index (χ2n) is 9.90. The van der Waals surface area contributed by atoms with Crippen molar-refractivity contribution in [1.29, 1.82) is 0 Å². The van der Waals surface area contributed by atoms with Crippen molar-refractivity contribution in [1.82, 2.24) is 0 Å². The Bertz CT molecular complexity index is 1550. The number of fused-ring (bicyclic) bond motifs is 6. The molecule has 2 aliphatic rings. The summed E-state index contributed by atoms with van der Waals surface area (Å²) >= 11 is 2.34. The maximum absolute atomic E-state index is 3.30. The first-order valence-corrected chi connectivity index (χ1v) is 17.5. The molecule has 8 rings (SSSR count). The fraction of sp³-hybridized carbons (Fsp3) is 0.0526. The van der Waals surface area contributed by atoms with Gasteiger partial charge in [-0.15, -0.1) is 11.1 Å². The molecule has 0 nitrogen and oxygen atoms in total. The van der Waals surface area contributed by atoms with E-state index in [0.717, 1.165) is 12.8 Å². The van der Waals surface area contributed by atoms with E-state index in [2.05, 4.69) is 165 Å². The van der Waals surface area contributed by atoms with Gasteiger partial charge < -0.3 is 24.8 Å². The van der Waals surface area contributed by atoms with Gasteiger partial charge in [0.05, 0.1) is 0 Å². The van der Waals surface area contributed by atoms with Gasteiger partial charge >= 0.3 is 96.4 Å². The summed E-state index contributed by atoms with van der Waals surface area (Å²) in [6.07, 6.45) is 1.55. The summed E-state index contributed by atoms with van der Waals surface area (Å²) in [4.78, 5) is 0. The van der Waals surface area contributed by atoms with Crippen molar-refractivity contribution in [2.75, 3.05) is 0 Å². The molecule has 0 aliphatic heterocycles. The molecule has 0 heterocycles. The van der Waals surface area contributed by atoms with Crippen LogP contribution in [0, 0.1) is 12.1 Å². The number of halogens is 2. The Morgan fingerprint density at radius 2 is 0.786 bits per heavy atom. The Labute approximate surface area is 273 Å². The second kappa shape index (κ2) is 15.3. The molecule has 0 N–H and O–H groups in total. The molecule has 42 heavy (non-hydrogen) atoms. The molecule has 0 spiro atoms. The van der Waals surface area contributed by atoms with Crippen LogP contribution in [0.3, 0.4) is 0 Å². The summed E-state index contributed by atoms with van der Waals surface area (Å²) in [5.74, 6) is 0. The van der Waals surface area contributed by atoms with Crippen molar-refractivity contribution in [3.63, 3.8) is 0 Å². The van der Waals surface area contributed by atoms with E-state index in [9.17, 15) is 0 Å². The van der Waals surface area contributed by atoms with Crippen molar-refractivity contribution in [3.8, 4) is 22.3 Å². The van der Waals surface area contributed by atoms with Crippen molar-refractivity contribution in [2.45, 2.75) is 12.8 Å². The predicted molar refractivity (Wildman–Crippen MR) is 165 cm³/mol. The molecule has 0 aromatic heterocycles. The van der Waals surface area contributed by atoms with Crippen LogP contribution in [-0.2, 0) is 32.0 Å². The predicted octanol–water partition coefficient (Wildman–Crippen LogP) is 1.46. The second-order valence-corrected chi connectivity index (χ2v) is 14.1. The van der Waals surface area contributed by atoms with Gasteiger partial charge in [-0.2, -0.15) is 59.7 Å².